The molecular weight excluding hydrogens is 350 g/mol. The molecule has 1 amide bonds. The fourth-order valence-corrected chi connectivity index (χ4v) is 5.97. The van der Waals surface area contributed by atoms with E-state index in [-0.39, 0.29) is 23.9 Å². The first-order valence-electron chi connectivity index (χ1n) is 8.07. The van der Waals surface area contributed by atoms with Crippen molar-refractivity contribution in [2.24, 2.45) is 11.0 Å². The van der Waals surface area contributed by atoms with Crippen LogP contribution in [-0.2, 0) is 14.6 Å². The summed E-state index contributed by atoms with van der Waals surface area (Å²) in [6, 6.07) is 6.34. The van der Waals surface area contributed by atoms with Gasteiger partial charge < -0.3 is 5.32 Å². The zero-order valence-corrected chi connectivity index (χ0v) is 14.5. The van der Waals surface area contributed by atoms with Crippen molar-refractivity contribution in [2.45, 2.75) is 47.9 Å². The lowest BCUT2D eigenvalue weighted by Gasteiger charge is -2.32. The summed E-state index contributed by atoms with van der Waals surface area (Å²) < 4.78 is 25.9. The fourth-order valence-electron chi connectivity index (χ4n) is 4.02. The SMILES string of the molecule is O=C1NN=C2CC3CC(S(=O)(=O)c4ccc(Cl)cc4)CCC(N3)C12. The van der Waals surface area contributed by atoms with Gasteiger partial charge in [0.15, 0.2) is 9.84 Å². The molecule has 2 bridgehead atoms. The first-order valence-corrected chi connectivity index (χ1v) is 9.99. The molecule has 8 heteroatoms. The molecule has 0 aliphatic carbocycles. The van der Waals surface area contributed by atoms with E-state index in [2.05, 4.69) is 15.8 Å². The van der Waals surface area contributed by atoms with Crippen LogP contribution in [0.5, 0.6) is 0 Å². The minimum atomic E-state index is -3.42. The molecule has 0 radical (unpaired) electrons. The Morgan fingerprint density at radius 3 is 2.67 bits per heavy atom. The predicted octanol–water partition coefficient (Wildman–Crippen LogP) is 1.50. The Kier molecular flexibility index (Phi) is 3.89. The van der Waals surface area contributed by atoms with Crippen LogP contribution in [0.25, 0.3) is 0 Å². The Labute approximate surface area is 145 Å². The minimum Gasteiger partial charge on any atom is -0.310 e. The summed E-state index contributed by atoms with van der Waals surface area (Å²) >= 11 is 5.86. The molecule has 24 heavy (non-hydrogen) atoms. The van der Waals surface area contributed by atoms with Crippen molar-refractivity contribution in [3.05, 3.63) is 29.3 Å². The van der Waals surface area contributed by atoms with Crippen LogP contribution in [0, 0.1) is 5.92 Å². The molecule has 6 nitrogen and oxygen atoms in total. The maximum absolute atomic E-state index is 13.0. The Balaban J connectivity index is 1.60. The molecule has 128 valence electrons. The van der Waals surface area contributed by atoms with Crippen LogP contribution in [0.1, 0.15) is 25.7 Å². The van der Waals surface area contributed by atoms with Crippen LogP contribution in [-0.4, -0.2) is 37.4 Å². The zero-order valence-electron chi connectivity index (χ0n) is 12.9. The van der Waals surface area contributed by atoms with Crippen molar-refractivity contribution >= 4 is 33.1 Å². The molecule has 4 unspecified atom stereocenters. The van der Waals surface area contributed by atoms with Gasteiger partial charge in [-0.05, 0) is 43.5 Å². The lowest BCUT2D eigenvalue weighted by atomic mass is 9.85. The predicted molar refractivity (Wildman–Crippen MR) is 90.7 cm³/mol. The van der Waals surface area contributed by atoms with Crippen LogP contribution in [0.3, 0.4) is 0 Å². The van der Waals surface area contributed by atoms with E-state index >= 15 is 0 Å². The lowest BCUT2D eigenvalue weighted by molar-refractivity contribution is -0.123. The number of carbonyl (C=O) groups excluding carboxylic acids is 1. The van der Waals surface area contributed by atoms with Gasteiger partial charge in [-0.15, -0.1) is 0 Å². The number of carbonyl (C=O) groups is 1. The highest BCUT2D eigenvalue weighted by Crippen LogP contribution is 2.34. The highest BCUT2D eigenvalue weighted by atomic mass is 35.5. The molecule has 2 saturated heterocycles. The number of rotatable bonds is 2. The van der Waals surface area contributed by atoms with E-state index < -0.39 is 15.1 Å². The normalized spacial score (nSPS) is 32.5. The Bertz CT molecular complexity index is 806. The number of sulfone groups is 1. The molecule has 3 aliphatic heterocycles. The van der Waals surface area contributed by atoms with Crippen LogP contribution in [0.4, 0.5) is 0 Å². The van der Waals surface area contributed by atoms with Gasteiger partial charge in [-0.1, -0.05) is 11.6 Å². The van der Waals surface area contributed by atoms with E-state index in [1.807, 2.05) is 0 Å². The number of hydrazone groups is 1. The van der Waals surface area contributed by atoms with Gasteiger partial charge >= 0.3 is 0 Å². The van der Waals surface area contributed by atoms with E-state index in [1.165, 1.54) is 0 Å². The standard InChI is InChI=1S/C16H18ClN3O3S/c17-9-1-3-11(4-2-9)24(22,23)12-5-6-13-15-14(19-20-16(15)21)8-10(7-12)18-13/h1-4,10,12-13,15,18H,5-8H2,(H,20,21). The second kappa shape index (κ2) is 5.82. The van der Waals surface area contributed by atoms with Gasteiger partial charge in [-0.3, -0.25) is 4.79 Å². The molecule has 0 aromatic heterocycles. The molecule has 0 saturated carbocycles. The van der Waals surface area contributed by atoms with Gasteiger partial charge in [0.05, 0.1) is 21.8 Å². The summed E-state index contributed by atoms with van der Waals surface area (Å²) in [6.07, 6.45) is 2.33. The van der Waals surface area contributed by atoms with Crippen molar-refractivity contribution in [3.8, 4) is 0 Å². The van der Waals surface area contributed by atoms with Gasteiger partial charge in [0.1, 0.15) is 0 Å². The Hall–Kier alpha value is -1.44. The number of piperidine rings is 1. The summed E-state index contributed by atoms with van der Waals surface area (Å²) in [5, 5.41) is 7.65. The maximum atomic E-state index is 13.0. The van der Waals surface area contributed by atoms with E-state index in [1.54, 1.807) is 24.3 Å². The molecule has 3 aliphatic rings. The van der Waals surface area contributed by atoms with Crippen LogP contribution < -0.4 is 10.7 Å². The van der Waals surface area contributed by atoms with Crippen molar-refractivity contribution in [3.63, 3.8) is 0 Å². The summed E-state index contributed by atoms with van der Waals surface area (Å²) in [4.78, 5) is 12.3. The van der Waals surface area contributed by atoms with Gasteiger partial charge in [0.25, 0.3) is 5.91 Å². The fraction of sp³-hybridized carbons (Fsp3) is 0.500. The third-order valence-corrected chi connectivity index (χ3v) is 7.67. The van der Waals surface area contributed by atoms with Crippen molar-refractivity contribution in [1.29, 1.82) is 0 Å². The van der Waals surface area contributed by atoms with Gasteiger partial charge in [0.2, 0.25) is 0 Å². The van der Waals surface area contributed by atoms with Crippen LogP contribution in [0.2, 0.25) is 5.02 Å². The summed E-state index contributed by atoms with van der Waals surface area (Å²) in [7, 11) is -3.42. The zero-order chi connectivity index (χ0) is 16.9. The van der Waals surface area contributed by atoms with Crippen LogP contribution >= 0.6 is 11.6 Å². The van der Waals surface area contributed by atoms with E-state index in [9.17, 15) is 13.2 Å². The monoisotopic (exact) mass is 367 g/mol. The lowest BCUT2D eigenvalue weighted by Crippen LogP contribution is -2.52. The molecular formula is C16H18ClN3O3S. The number of hydrogen-bond acceptors (Lipinski definition) is 5. The van der Waals surface area contributed by atoms with Gasteiger partial charge in [-0.25, -0.2) is 13.8 Å². The summed E-state index contributed by atoms with van der Waals surface area (Å²) in [6.45, 7) is 0. The number of halogens is 1. The smallest absolute Gasteiger partial charge is 0.250 e. The summed E-state index contributed by atoms with van der Waals surface area (Å²) in [5.74, 6) is -0.335. The third-order valence-electron chi connectivity index (χ3n) is 5.19. The number of amides is 1. The van der Waals surface area contributed by atoms with E-state index in [0.717, 1.165) is 5.71 Å². The minimum absolute atomic E-state index is 0.0320. The molecule has 2 N–H and O–H groups in total. The number of benzene rings is 1. The molecule has 3 heterocycles. The summed E-state index contributed by atoms with van der Waals surface area (Å²) in [5.41, 5.74) is 3.40. The molecule has 1 aromatic rings. The maximum Gasteiger partial charge on any atom is 0.250 e. The first-order chi connectivity index (χ1) is 11.4. The van der Waals surface area contributed by atoms with E-state index in [4.69, 9.17) is 11.6 Å². The second-order valence-corrected chi connectivity index (χ2v) is 9.33. The number of fused-ring (bicyclic) bond motifs is 4. The van der Waals surface area contributed by atoms with Crippen molar-refractivity contribution < 1.29 is 13.2 Å². The van der Waals surface area contributed by atoms with Crippen molar-refractivity contribution in [2.75, 3.05) is 0 Å². The van der Waals surface area contributed by atoms with E-state index in [0.29, 0.717) is 35.6 Å². The first kappa shape index (κ1) is 16.1. The quantitative estimate of drug-likeness (QED) is 0.829. The molecule has 4 rings (SSSR count). The number of nitrogens with zero attached hydrogens (tertiary/aromatic N) is 1. The largest absolute Gasteiger partial charge is 0.310 e. The molecule has 4 atom stereocenters. The highest BCUT2D eigenvalue weighted by molar-refractivity contribution is 7.92. The second-order valence-electron chi connectivity index (χ2n) is 6.67. The average molecular weight is 368 g/mol. The Morgan fingerprint density at radius 2 is 1.92 bits per heavy atom. The van der Waals surface area contributed by atoms with Crippen molar-refractivity contribution in [1.82, 2.24) is 10.7 Å². The molecule has 0 spiro atoms. The topological polar surface area (TPSA) is 87.6 Å². The molecule has 2 fully saturated rings. The highest BCUT2D eigenvalue weighted by Gasteiger charge is 2.46. The molecule has 1 aromatic carbocycles. The van der Waals surface area contributed by atoms with Crippen LogP contribution in [0.15, 0.2) is 34.3 Å². The third kappa shape index (κ3) is 2.64. The van der Waals surface area contributed by atoms with Gasteiger partial charge in [-0.2, -0.15) is 5.10 Å². The van der Waals surface area contributed by atoms with Gasteiger partial charge in [0, 0.05) is 23.5 Å². The number of hydrogen-bond donors (Lipinski definition) is 2. The number of nitrogens with one attached hydrogen (secondary N) is 2. The Morgan fingerprint density at radius 1 is 1.17 bits per heavy atom. The average Bonchev–Trinajstić information content (AvgIpc) is 2.83.